The Labute approximate surface area is 140 Å². The van der Waals surface area contributed by atoms with E-state index in [0.717, 1.165) is 26.5 Å². The van der Waals surface area contributed by atoms with Gasteiger partial charge in [-0.25, -0.2) is 9.79 Å². The van der Waals surface area contributed by atoms with E-state index in [0.29, 0.717) is 11.6 Å². The van der Waals surface area contributed by atoms with Crippen molar-refractivity contribution in [3.63, 3.8) is 0 Å². The standard InChI is InChI=1S/C18H11BrN2O2/c19-13-7-4-8-14-16(13)12(10-20-14)9-15-18(22)23-17(21-15)11-5-2-1-3-6-11/h1-10,20H. The number of nitrogens with zero attached hydrogens (tertiary/aromatic N) is 1. The lowest BCUT2D eigenvalue weighted by atomic mass is 10.1. The van der Waals surface area contributed by atoms with Crippen molar-refractivity contribution >= 4 is 44.8 Å². The van der Waals surface area contributed by atoms with E-state index in [1.165, 1.54) is 0 Å². The number of halogens is 1. The highest BCUT2D eigenvalue weighted by Crippen LogP contribution is 2.29. The van der Waals surface area contributed by atoms with Crippen LogP contribution in [0.3, 0.4) is 0 Å². The molecule has 2 heterocycles. The van der Waals surface area contributed by atoms with Crippen LogP contribution in [0.25, 0.3) is 17.0 Å². The fourth-order valence-electron chi connectivity index (χ4n) is 2.54. The summed E-state index contributed by atoms with van der Waals surface area (Å²) < 4.78 is 6.23. The topological polar surface area (TPSA) is 54.4 Å². The minimum absolute atomic E-state index is 0.292. The molecule has 4 rings (SSSR count). The maximum Gasteiger partial charge on any atom is 0.363 e. The summed E-state index contributed by atoms with van der Waals surface area (Å²) in [7, 11) is 0. The summed E-state index contributed by atoms with van der Waals surface area (Å²) in [5.74, 6) is -0.106. The van der Waals surface area contributed by atoms with Gasteiger partial charge in [-0.1, -0.05) is 40.2 Å². The number of carbonyl (C=O) groups is 1. The van der Waals surface area contributed by atoms with Gasteiger partial charge in [0.15, 0.2) is 5.70 Å². The Morgan fingerprint density at radius 2 is 1.91 bits per heavy atom. The van der Waals surface area contributed by atoms with Gasteiger partial charge in [-0.2, -0.15) is 0 Å². The van der Waals surface area contributed by atoms with Gasteiger partial charge in [0.1, 0.15) is 0 Å². The number of carbonyl (C=O) groups excluding carboxylic acids is 1. The average Bonchev–Trinajstić information content (AvgIpc) is 3.14. The minimum atomic E-state index is -0.440. The lowest BCUT2D eigenvalue weighted by Gasteiger charge is -1.97. The van der Waals surface area contributed by atoms with Crippen LogP contribution in [-0.2, 0) is 9.53 Å². The number of H-pyrrole nitrogens is 1. The number of ether oxygens (including phenoxy) is 1. The van der Waals surface area contributed by atoms with Crippen LogP contribution >= 0.6 is 15.9 Å². The first-order valence-corrected chi connectivity index (χ1v) is 7.85. The summed E-state index contributed by atoms with van der Waals surface area (Å²) >= 11 is 3.54. The van der Waals surface area contributed by atoms with Crippen LogP contribution in [0.2, 0.25) is 0 Å². The van der Waals surface area contributed by atoms with Crippen LogP contribution in [0.1, 0.15) is 11.1 Å². The predicted molar refractivity (Wildman–Crippen MR) is 93.0 cm³/mol. The van der Waals surface area contributed by atoms with Crippen molar-refractivity contribution in [2.45, 2.75) is 0 Å². The first kappa shape index (κ1) is 14.0. The second-order valence-electron chi connectivity index (χ2n) is 5.11. The second-order valence-corrected chi connectivity index (χ2v) is 5.96. The molecule has 1 aliphatic rings. The fraction of sp³-hybridized carbons (Fsp3) is 0. The number of fused-ring (bicyclic) bond motifs is 1. The van der Waals surface area contributed by atoms with Crippen molar-refractivity contribution in [1.82, 2.24) is 4.98 Å². The highest BCUT2D eigenvalue weighted by atomic mass is 79.9. The molecular weight excluding hydrogens is 356 g/mol. The van der Waals surface area contributed by atoms with E-state index in [4.69, 9.17) is 4.74 Å². The maximum atomic E-state index is 12.1. The predicted octanol–water partition coefficient (Wildman–Crippen LogP) is 4.27. The van der Waals surface area contributed by atoms with Crippen molar-refractivity contribution in [3.8, 4) is 0 Å². The zero-order valence-corrected chi connectivity index (χ0v) is 13.5. The molecule has 1 aliphatic heterocycles. The van der Waals surface area contributed by atoms with Crippen molar-refractivity contribution in [3.05, 3.63) is 76.0 Å². The number of aromatic nitrogens is 1. The Bertz CT molecular complexity index is 971. The number of hydrogen-bond donors (Lipinski definition) is 1. The van der Waals surface area contributed by atoms with Crippen molar-refractivity contribution in [2.75, 3.05) is 0 Å². The van der Waals surface area contributed by atoms with Crippen LogP contribution in [0.15, 0.2) is 69.9 Å². The smallest absolute Gasteiger partial charge is 0.363 e. The number of esters is 1. The van der Waals surface area contributed by atoms with Gasteiger partial charge in [0.25, 0.3) is 0 Å². The van der Waals surface area contributed by atoms with Gasteiger partial charge in [0.05, 0.1) is 0 Å². The van der Waals surface area contributed by atoms with Gasteiger partial charge in [-0.15, -0.1) is 0 Å². The molecule has 23 heavy (non-hydrogen) atoms. The van der Waals surface area contributed by atoms with E-state index in [1.807, 2.05) is 54.7 Å². The minimum Gasteiger partial charge on any atom is -0.402 e. The van der Waals surface area contributed by atoms with Gasteiger partial charge in [-0.3, -0.25) is 0 Å². The van der Waals surface area contributed by atoms with Gasteiger partial charge in [0, 0.05) is 32.7 Å². The Morgan fingerprint density at radius 3 is 2.74 bits per heavy atom. The number of hydrogen-bond acceptors (Lipinski definition) is 3. The van der Waals surface area contributed by atoms with Crippen LogP contribution in [0.5, 0.6) is 0 Å². The molecule has 0 saturated heterocycles. The fourth-order valence-corrected chi connectivity index (χ4v) is 3.14. The molecule has 0 radical (unpaired) electrons. The third-order valence-corrected chi connectivity index (χ3v) is 4.28. The molecule has 112 valence electrons. The number of aliphatic imine (C=N–C) groups is 1. The molecule has 0 unspecified atom stereocenters. The lowest BCUT2D eigenvalue weighted by molar-refractivity contribution is -0.129. The van der Waals surface area contributed by atoms with Crippen LogP contribution in [0, 0.1) is 0 Å². The molecule has 1 aromatic heterocycles. The van der Waals surface area contributed by atoms with E-state index in [2.05, 4.69) is 25.9 Å². The van der Waals surface area contributed by atoms with E-state index in [9.17, 15) is 4.79 Å². The van der Waals surface area contributed by atoms with E-state index in [1.54, 1.807) is 6.08 Å². The molecule has 0 bridgehead atoms. The Morgan fingerprint density at radius 1 is 1.09 bits per heavy atom. The van der Waals surface area contributed by atoms with Gasteiger partial charge in [-0.05, 0) is 30.3 Å². The van der Waals surface area contributed by atoms with Crippen LogP contribution in [0.4, 0.5) is 0 Å². The summed E-state index contributed by atoms with van der Waals surface area (Å²) in [4.78, 5) is 19.6. The van der Waals surface area contributed by atoms with Crippen LogP contribution < -0.4 is 0 Å². The summed E-state index contributed by atoms with van der Waals surface area (Å²) in [6, 6.07) is 15.3. The molecule has 2 aromatic carbocycles. The largest absolute Gasteiger partial charge is 0.402 e. The first-order valence-electron chi connectivity index (χ1n) is 7.06. The van der Waals surface area contributed by atoms with Crippen molar-refractivity contribution < 1.29 is 9.53 Å². The summed E-state index contributed by atoms with van der Waals surface area (Å²) in [6.07, 6.45) is 3.59. The van der Waals surface area contributed by atoms with E-state index in [-0.39, 0.29) is 0 Å². The molecule has 0 aliphatic carbocycles. The lowest BCUT2D eigenvalue weighted by Crippen LogP contribution is -2.04. The molecule has 1 N–H and O–H groups in total. The first-order chi connectivity index (χ1) is 11.2. The molecule has 0 fully saturated rings. The number of aromatic amines is 1. The normalized spacial score (nSPS) is 16.0. The summed E-state index contributed by atoms with van der Waals surface area (Å²) in [5, 5.41) is 1.01. The monoisotopic (exact) mass is 366 g/mol. The van der Waals surface area contributed by atoms with Gasteiger partial charge in [0.2, 0.25) is 5.90 Å². The van der Waals surface area contributed by atoms with E-state index >= 15 is 0 Å². The summed E-state index contributed by atoms with van der Waals surface area (Å²) in [6.45, 7) is 0. The summed E-state index contributed by atoms with van der Waals surface area (Å²) in [5.41, 5.74) is 2.95. The zero-order chi connectivity index (χ0) is 15.8. The number of benzene rings is 2. The molecular formula is C18H11BrN2O2. The maximum absolute atomic E-state index is 12.1. The van der Waals surface area contributed by atoms with Crippen molar-refractivity contribution in [1.29, 1.82) is 0 Å². The number of nitrogens with one attached hydrogen (secondary N) is 1. The number of cyclic esters (lactones) is 1. The second kappa shape index (κ2) is 5.52. The molecule has 0 amide bonds. The third kappa shape index (κ3) is 2.49. The average molecular weight is 367 g/mol. The molecule has 0 atom stereocenters. The van der Waals surface area contributed by atoms with Gasteiger partial charge >= 0.3 is 5.97 Å². The molecule has 0 saturated carbocycles. The van der Waals surface area contributed by atoms with Crippen molar-refractivity contribution in [2.24, 2.45) is 4.99 Å². The van der Waals surface area contributed by atoms with E-state index < -0.39 is 5.97 Å². The highest BCUT2D eigenvalue weighted by Gasteiger charge is 2.24. The Hall–Kier alpha value is -2.66. The Balaban J connectivity index is 1.79. The van der Waals surface area contributed by atoms with Gasteiger partial charge < -0.3 is 9.72 Å². The number of rotatable bonds is 2. The molecule has 0 spiro atoms. The third-order valence-electron chi connectivity index (χ3n) is 3.62. The SMILES string of the molecule is O=C1OC(c2ccccc2)=NC1=Cc1c[nH]c2cccc(Br)c12. The molecule has 5 heteroatoms. The van der Waals surface area contributed by atoms with Crippen LogP contribution in [-0.4, -0.2) is 16.9 Å². The quantitative estimate of drug-likeness (QED) is 0.543. The Kier molecular flexibility index (Phi) is 3.35. The highest BCUT2D eigenvalue weighted by molar-refractivity contribution is 9.10. The molecule has 3 aromatic rings. The molecule has 4 nitrogen and oxygen atoms in total. The zero-order valence-electron chi connectivity index (χ0n) is 11.9.